The van der Waals surface area contributed by atoms with Crippen molar-refractivity contribution in [2.24, 2.45) is 0 Å². The third-order valence-electron chi connectivity index (χ3n) is 15.0. The van der Waals surface area contributed by atoms with Gasteiger partial charge >= 0.3 is 0 Å². The average Bonchev–Trinajstić information content (AvgIpc) is 3.64. The van der Waals surface area contributed by atoms with Crippen LogP contribution in [0.25, 0.3) is 55.3 Å². The first-order valence-corrected chi connectivity index (χ1v) is 24.9. The van der Waals surface area contributed by atoms with Gasteiger partial charge in [-0.1, -0.05) is 203 Å². The van der Waals surface area contributed by atoms with E-state index < -0.39 is 0 Å². The van der Waals surface area contributed by atoms with Crippen molar-refractivity contribution in [3.05, 3.63) is 253 Å². The van der Waals surface area contributed by atoms with Crippen LogP contribution < -0.4 is 9.80 Å². The van der Waals surface area contributed by atoms with E-state index in [0.29, 0.717) is 5.92 Å². The standard InChI is InChI=1S/C67H56N2/c1-67(2)64-30-18-17-29-62(64)63-42-40-57(46-65(63)67)69(55-26-13-6-14-27-55)59-44-53(43-58(45-59)68(54-24-11-5-12-25-54)56-38-35-48(36-39-56)47-19-7-3-8-20-47)49-31-33-51(34-32-49)61-41-37-50-21-15-16-28-60(50)66(61)52-22-9-4-10-23-52/h4-6,9-18,21-47H,3,7-8,19-20H2,1-2H3. The van der Waals surface area contributed by atoms with Gasteiger partial charge in [0.1, 0.15) is 0 Å². The first kappa shape index (κ1) is 42.4. The van der Waals surface area contributed by atoms with E-state index in [1.807, 2.05) is 0 Å². The molecule has 2 nitrogen and oxygen atoms in total. The van der Waals surface area contributed by atoms with Crippen molar-refractivity contribution in [1.82, 2.24) is 0 Å². The van der Waals surface area contributed by atoms with Gasteiger partial charge in [-0.15, -0.1) is 0 Å². The molecule has 334 valence electrons. The molecule has 0 spiro atoms. The van der Waals surface area contributed by atoms with Crippen LogP contribution in [-0.4, -0.2) is 0 Å². The fourth-order valence-electron chi connectivity index (χ4n) is 11.5. The zero-order valence-electron chi connectivity index (χ0n) is 39.5. The highest BCUT2D eigenvalue weighted by Crippen LogP contribution is 2.51. The molecule has 0 heterocycles. The predicted octanol–water partition coefficient (Wildman–Crippen LogP) is 19.1. The molecule has 69 heavy (non-hydrogen) atoms. The van der Waals surface area contributed by atoms with Crippen LogP contribution in [0.3, 0.4) is 0 Å². The van der Waals surface area contributed by atoms with Crippen LogP contribution >= 0.6 is 0 Å². The van der Waals surface area contributed by atoms with E-state index >= 15 is 0 Å². The number of anilines is 6. The summed E-state index contributed by atoms with van der Waals surface area (Å²) in [5, 5.41) is 2.50. The molecule has 0 aliphatic heterocycles. The number of nitrogens with zero attached hydrogens (tertiary/aromatic N) is 2. The van der Waals surface area contributed by atoms with Crippen LogP contribution in [-0.2, 0) is 5.41 Å². The van der Waals surface area contributed by atoms with E-state index in [1.165, 1.54) is 92.9 Å². The molecule has 10 aromatic carbocycles. The van der Waals surface area contributed by atoms with Gasteiger partial charge in [0.15, 0.2) is 0 Å². The van der Waals surface area contributed by atoms with Gasteiger partial charge in [-0.3, -0.25) is 0 Å². The Hall–Kier alpha value is -7.94. The lowest BCUT2D eigenvalue weighted by atomic mass is 9.82. The summed E-state index contributed by atoms with van der Waals surface area (Å²) in [7, 11) is 0. The Morgan fingerprint density at radius 2 is 0.884 bits per heavy atom. The van der Waals surface area contributed by atoms with Gasteiger partial charge in [-0.05, 0) is 157 Å². The lowest BCUT2D eigenvalue weighted by molar-refractivity contribution is 0.443. The Morgan fingerprint density at radius 1 is 0.348 bits per heavy atom. The van der Waals surface area contributed by atoms with Crippen LogP contribution in [0, 0.1) is 0 Å². The van der Waals surface area contributed by atoms with Crippen molar-refractivity contribution in [2.75, 3.05) is 9.80 Å². The van der Waals surface area contributed by atoms with Crippen molar-refractivity contribution in [3.63, 3.8) is 0 Å². The predicted molar refractivity (Wildman–Crippen MR) is 293 cm³/mol. The molecule has 2 aliphatic carbocycles. The molecule has 2 heteroatoms. The molecule has 0 aromatic heterocycles. The minimum atomic E-state index is -0.141. The molecule has 12 rings (SSSR count). The third kappa shape index (κ3) is 7.90. The van der Waals surface area contributed by atoms with Crippen LogP contribution in [0.5, 0.6) is 0 Å². The second-order valence-electron chi connectivity index (χ2n) is 19.6. The largest absolute Gasteiger partial charge is 0.310 e. The summed E-state index contributed by atoms with van der Waals surface area (Å²) in [5.41, 5.74) is 20.6. The van der Waals surface area contributed by atoms with Crippen LogP contribution in [0.15, 0.2) is 237 Å². The summed E-state index contributed by atoms with van der Waals surface area (Å²) < 4.78 is 0. The first-order chi connectivity index (χ1) is 34.0. The minimum Gasteiger partial charge on any atom is -0.310 e. The average molecular weight is 889 g/mol. The van der Waals surface area contributed by atoms with Gasteiger partial charge in [0.2, 0.25) is 0 Å². The van der Waals surface area contributed by atoms with E-state index in [-0.39, 0.29) is 5.41 Å². The molecular formula is C67H56N2. The van der Waals surface area contributed by atoms with Gasteiger partial charge < -0.3 is 9.80 Å². The lowest BCUT2D eigenvalue weighted by Crippen LogP contribution is -2.17. The smallest absolute Gasteiger partial charge is 0.0488 e. The quantitative estimate of drug-likeness (QED) is 0.135. The summed E-state index contributed by atoms with van der Waals surface area (Å²) in [5.74, 6) is 0.638. The molecule has 0 saturated heterocycles. The van der Waals surface area contributed by atoms with Crippen molar-refractivity contribution in [2.45, 2.75) is 57.3 Å². The van der Waals surface area contributed by atoms with Crippen molar-refractivity contribution < 1.29 is 0 Å². The van der Waals surface area contributed by atoms with Crippen molar-refractivity contribution >= 4 is 44.9 Å². The molecule has 0 N–H and O–H groups in total. The number of hydrogen-bond acceptors (Lipinski definition) is 2. The molecule has 0 amide bonds. The Bertz CT molecular complexity index is 3420. The fraction of sp³-hybridized carbons (Fsp3) is 0.134. The van der Waals surface area contributed by atoms with Gasteiger partial charge in [0, 0.05) is 39.5 Å². The molecule has 1 fully saturated rings. The summed E-state index contributed by atoms with van der Waals surface area (Å²) >= 11 is 0. The maximum atomic E-state index is 2.46. The molecule has 0 bridgehead atoms. The topological polar surface area (TPSA) is 6.48 Å². The second-order valence-corrected chi connectivity index (χ2v) is 19.6. The molecular weight excluding hydrogens is 833 g/mol. The maximum Gasteiger partial charge on any atom is 0.0488 e. The van der Waals surface area contributed by atoms with E-state index in [2.05, 4.69) is 260 Å². The van der Waals surface area contributed by atoms with E-state index in [1.54, 1.807) is 0 Å². The number of para-hydroxylation sites is 2. The Kier molecular flexibility index (Phi) is 11.0. The SMILES string of the molecule is CC1(C)c2ccccc2-c2ccc(N(c3ccccc3)c3cc(-c4ccc(-c5ccc6ccccc6c5-c5ccccc5)cc4)cc(N(c4ccccc4)c4ccc(C5CCCCC5)cc4)c3)cc21. The molecule has 1 saturated carbocycles. The third-order valence-corrected chi connectivity index (χ3v) is 15.0. The van der Waals surface area contributed by atoms with E-state index in [4.69, 9.17) is 0 Å². The Labute approximate surface area is 407 Å². The van der Waals surface area contributed by atoms with Crippen LogP contribution in [0.2, 0.25) is 0 Å². The highest BCUT2D eigenvalue weighted by atomic mass is 15.2. The molecule has 10 aromatic rings. The molecule has 0 radical (unpaired) electrons. The molecule has 0 unspecified atom stereocenters. The molecule has 2 aliphatic rings. The normalized spacial score (nSPS) is 14.0. The van der Waals surface area contributed by atoms with Gasteiger partial charge in [-0.25, -0.2) is 0 Å². The van der Waals surface area contributed by atoms with Crippen LogP contribution in [0.1, 0.15) is 68.6 Å². The van der Waals surface area contributed by atoms with Crippen LogP contribution in [0.4, 0.5) is 34.1 Å². The van der Waals surface area contributed by atoms with Gasteiger partial charge in [0.05, 0.1) is 0 Å². The summed E-state index contributed by atoms with van der Waals surface area (Å²) in [4.78, 5) is 4.90. The maximum absolute atomic E-state index is 2.46. The Balaban J connectivity index is 1.04. The molecule has 0 atom stereocenters. The number of hydrogen-bond donors (Lipinski definition) is 0. The highest BCUT2D eigenvalue weighted by Gasteiger charge is 2.36. The number of benzene rings is 10. The van der Waals surface area contributed by atoms with Gasteiger partial charge in [0.25, 0.3) is 0 Å². The summed E-state index contributed by atoms with van der Waals surface area (Å²) in [6.07, 6.45) is 6.56. The van der Waals surface area contributed by atoms with Gasteiger partial charge in [-0.2, -0.15) is 0 Å². The van der Waals surface area contributed by atoms with E-state index in [9.17, 15) is 0 Å². The number of rotatable bonds is 10. The van der Waals surface area contributed by atoms with Crippen molar-refractivity contribution in [1.29, 1.82) is 0 Å². The zero-order chi connectivity index (χ0) is 46.3. The van der Waals surface area contributed by atoms with E-state index in [0.717, 1.165) is 45.3 Å². The zero-order valence-corrected chi connectivity index (χ0v) is 39.5. The monoisotopic (exact) mass is 888 g/mol. The lowest BCUT2D eigenvalue weighted by Gasteiger charge is -2.31. The highest BCUT2D eigenvalue weighted by molar-refractivity contribution is 6.04. The summed E-state index contributed by atoms with van der Waals surface area (Å²) in [6.45, 7) is 4.74. The fourth-order valence-corrected chi connectivity index (χ4v) is 11.5. The minimum absolute atomic E-state index is 0.141. The summed E-state index contributed by atoms with van der Waals surface area (Å²) in [6, 6.07) is 87.8. The first-order valence-electron chi connectivity index (χ1n) is 24.9. The van der Waals surface area contributed by atoms with Crippen molar-refractivity contribution in [3.8, 4) is 44.5 Å². The number of fused-ring (bicyclic) bond motifs is 4. The Morgan fingerprint density at radius 3 is 1.58 bits per heavy atom. The second kappa shape index (κ2) is 17.9.